The van der Waals surface area contributed by atoms with E-state index in [2.05, 4.69) is 18.8 Å². The van der Waals surface area contributed by atoms with Crippen LogP contribution in [0.3, 0.4) is 0 Å². The smallest absolute Gasteiger partial charge is 0.265 e. The number of hydrogen-bond donors (Lipinski definition) is 0. The summed E-state index contributed by atoms with van der Waals surface area (Å²) in [7, 11) is -0.737. The van der Waals surface area contributed by atoms with Gasteiger partial charge >= 0.3 is 0 Å². The first-order chi connectivity index (χ1) is 14.7. The lowest BCUT2D eigenvalue weighted by molar-refractivity contribution is 0.0702. The molecule has 0 atom stereocenters. The largest absolute Gasteiger partial charge is 0.493 e. The number of sulfonamides is 1. The van der Waals surface area contributed by atoms with E-state index >= 15 is 0 Å². The molecular formula is C21H29N3O5S2. The molecule has 0 unspecified atom stereocenters. The van der Waals surface area contributed by atoms with Gasteiger partial charge in [-0.1, -0.05) is 13.8 Å². The Labute approximate surface area is 187 Å². The molecule has 1 amide bonds. The second kappa shape index (κ2) is 9.54. The van der Waals surface area contributed by atoms with Crippen molar-refractivity contribution in [3.05, 3.63) is 33.8 Å². The van der Waals surface area contributed by atoms with E-state index in [-0.39, 0.29) is 23.9 Å². The van der Waals surface area contributed by atoms with Gasteiger partial charge in [0.2, 0.25) is 10.0 Å². The lowest BCUT2D eigenvalue weighted by Crippen LogP contribution is -2.50. The number of aromatic nitrogens is 1. The van der Waals surface area contributed by atoms with Crippen LogP contribution in [0.25, 0.3) is 0 Å². The molecule has 10 heteroatoms. The van der Waals surface area contributed by atoms with Crippen molar-refractivity contribution in [1.82, 2.24) is 14.2 Å². The van der Waals surface area contributed by atoms with Crippen LogP contribution in [-0.2, 0) is 16.4 Å². The number of rotatable bonds is 7. The Bertz CT molecular complexity index is 1040. The van der Waals surface area contributed by atoms with Crippen LogP contribution in [0.2, 0.25) is 0 Å². The van der Waals surface area contributed by atoms with Gasteiger partial charge in [-0.05, 0) is 25.0 Å². The third kappa shape index (κ3) is 5.02. The van der Waals surface area contributed by atoms with Crippen LogP contribution >= 0.6 is 11.3 Å². The van der Waals surface area contributed by atoms with E-state index < -0.39 is 10.0 Å². The van der Waals surface area contributed by atoms with Crippen LogP contribution in [0.4, 0.5) is 0 Å². The number of nitrogens with zero attached hydrogens (tertiary/aromatic N) is 3. The summed E-state index contributed by atoms with van der Waals surface area (Å²) in [4.78, 5) is 20.0. The number of amides is 1. The molecule has 0 saturated carbocycles. The summed E-state index contributed by atoms with van der Waals surface area (Å²) in [5.74, 6) is 1.22. The summed E-state index contributed by atoms with van der Waals surface area (Å²) in [6.07, 6.45) is 0.843. The molecule has 1 aromatic heterocycles. The monoisotopic (exact) mass is 467 g/mol. The molecule has 1 aliphatic rings. The van der Waals surface area contributed by atoms with E-state index in [4.69, 9.17) is 9.47 Å². The molecule has 8 nitrogen and oxygen atoms in total. The molecule has 3 rings (SSSR count). The summed E-state index contributed by atoms with van der Waals surface area (Å²) in [5.41, 5.74) is 0.742. The van der Waals surface area contributed by atoms with Crippen molar-refractivity contribution < 1.29 is 22.7 Å². The Kier molecular flexibility index (Phi) is 7.23. The SMILES string of the molecule is COc1ccc(S(=O)(=O)N2CCN(C(=O)c3sc(CC(C)C)nc3C)CC2)cc1OC. The van der Waals surface area contributed by atoms with Crippen molar-refractivity contribution in [2.75, 3.05) is 40.4 Å². The number of piperazine rings is 1. The Hall–Kier alpha value is -2.17. The molecule has 170 valence electrons. The number of thiazole rings is 1. The van der Waals surface area contributed by atoms with Gasteiger partial charge in [-0.15, -0.1) is 11.3 Å². The second-order valence-electron chi connectivity index (χ2n) is 7.83. The molecule has 1 aromatic carbocycles. The minimum atomic E-state index is -3.70. The van der Waals surface area contributed by atoms with E-state index in [1.165, 1.54) is 42.0 Å². The average molecular weight is 468 g/mol. The minimum Gasteiger partial charge on any atom is -0.493 e. The molecule has 2 aromatic rings. The first-order valence-electron chi connectivity index (χ1n) is 10.1. The maximum Gasteiger partial charge on any atom is 0.265 e. The lowest BCUT2D eigenvalue weighted by atomic mass is 10.1. The highest BCUT2D eigenvalue weighted by Crippen LogP contribution is 2.31. The fraction of sp³-hybridized carbons (Fsp3) is 0.524. The number of hydrogen-bond acceptors (Lipinski definition) is 7. The van der Waals surface area contributed by atoms with Crippen molar-refractivity contribution in [1.29, 1.82) is 0 Å². The molecule has 1 aliphatic heterocycles. The Balaban J connectivity index is 1.70. The second-order valence-corrected chi connectivity index (χ2v) is 10.9. The number of carbonyl (C=O) groups excluding carboxylic acids is 1. The third-order valence-corrected chi connectivity index (χ3v) is 8.20. The maximum absolute atomic E-state index is 13.1. The predicted molar refractivity (Wildman–Crippen MR) is 120 cm³/mol. The van der Waals surface area contributed by atoms with Gasteiger partial charge in [0.05, 0.1) is 29.8 Å². The first-order valence-corrected chi connectivity index (χ1v) is 12.4. The van der Waals surface area contributed by atoms with Crippen molar-refractivity contribution >= 4 is 27.3 Å². The summed E-state index contributed by atoms with van der Waals surface area (Å²) in [6.45, 7) is 7.24. The van der Waals surface area contributed by atoms with Crippen molar-refractivity contribution in [3.8, 4) is 11.5 Å². The summed E-state index contributed by atoms with van der Waals surface area (Å²) < 4.78 is 38.0. The van der Waals surface area contributed by atoms with Crippen molar-refractivity contribution in [3.63, 3.8) is 0 Å². The highest BCUT2D eigenvalue weighted by atomic mass is 32.2. The molecule has 1 saturated heterocycles. The fourth-order valence-electron chi connectivity index (χ4n) is 3.49. The molecule has 0 aliphatic carbocycles. The predicted octanol–water partition coefficient (Wildman–Crippen LogP) is 2.81. The van der Waals surface area contributed by atoms with Gasteiger partial charge < -0.3 is 14.4 Å². The van der Waals surface area contributed by atoms with E-state index in [0.717, 1.165) is 17.1 Å². The number of ether oxygens (including phenoxy) is 2. The zero-order valence-electron chi connectivity index (χ0n) is 18.5. The van der Waals surface area contributed by atoms with Crippen LogP contribution in [0.15, 0.2) is 23.1 Å². The highest BCUT2D eigenvalue weighted by molar-refractivity contribution is 7.89. The zero-order valence-corrected chi connectivity index (χ0v) is 20.2. The standard InChI is InChI=1S/C21H29N3O5S2/c1-14(2)12-19-22-15(3)20(30-19)21(25)23-8-10-24(11-9-23)31(26,27)16-6-7-17(28-4)18(13-16)29-5/h6-7,13-14H,8-12H2,1-5H3. The van der Waals surface area contributed by atoms with E-state index in [1.54, 1.807) is 11.0 Å². The molecule has 0 spiro atoms. The van der Waals surface area contributed by atoms with Gasteiger partial charge in [-0.3, -0.25) is 4.79 Å². The van der Waals surface area contributed by atoms with Crippen LogP contribution in [-0.4, -0.2) is 68.9 Å². The molecule has 0 bridgehead atoms. The van der Waals surface area contributed by atoms with Gasteiger partial charge in [0.1, 0.15) is 4.88 Å². The van der Waals surface area contributed by atoms with Crippen LogP contribution in [0, 0.1) is 12.8 Å². The fourth-order valence-corrected chi connectivity index (χ4v) is 6.17. The molecule has 31 heavy (non-hydrogen) atoms. The van der Waals surface area contributed by atoms with Gasteiger partial charge in [0, 0.05) is 38.7 Å². The lowest BCUT2D eigenvalue weighted by Gasteiger charge is -2.33. The number of benzene rings is 1. The van der Waals surface area contributed by atoms with Crippen molar-refractivity contribution in [2.24, 2.45) is 5.92 Å². The topological polar surface area (TPSA) is 89.0 Å². The van der Waals surface area contributed by atoms with E-state index in [9.17, 15) is 13.2 Å². The summed E-state index contributed by atoms with van der Waals surface area (Å²) >= 11 is 1.44. The first kappa shape index (κ1) is 23.5. The minimum absolute atomic E-state index is 0.0758. The maximum atomic E-state index is 13.1. The third-order valence-electron chi connectivity index (χ3n) is 5.14. The quantitative estimate of drug-likeness (QED) is 0.622. The van der Waals surface area contributed by atoms with Gasteiger partial charge in [0.15, 0.2) is 11.5 Å². The summed E-state index contributed by atoms with van der Waals surface area (Å²) in [5, 5.41) is 0.963. The van der Waals surface area contributed by atoms with Crippen LogP contribution in [0.5, 0.6) is 11.5 Å². The Morgan fingerprint density at radius 2 is 1.77 bits per heavy atom. The zero-order chi connectivity index (χ0) is 22.8. The van der Waals surface area contributed by atoms with E-state index in [0.29, 0.717) is 35.4 Å². The summed E-state index contributed by atoms with van der Waals surface area (Å²) in [6, 6.07) is 4.54. The van der Waals surface area contributed by atoms with Gasteiger partial charge in [-0.25, -0.2) is 13.4 Å². The average Bonchev–Trinajstić information content (AvgIpc) is 3.11. The van der Waals surface area contributed by atoms with Gasteiger partial charge in [-0.2, -0.15) is 4.31 Å². The normalized spacial score (nSPS) is 15.4. The van der Waals surface area contributed by atoms with Crippen molar-refractivity contribution in [2.45, 2.75) is 32.1 Å². The molecular weight excluding hydrogens is 438 g/mol. The Morgan fingerprint density at radius 3 is 2.35 bits per heavy atom. The molecule has 1 fully saturated rings. The van der Waals surface area contributed by atoms with Crippen LogP contribution < -0.4 is 9.47 Å². The number of aryl methyl sites for hydroxylation is 1. The molecule has 2 heterocycles. The molecule has 0 radical (unpaired) electrons. The van der Waals surface area contributed by atoms with Gasteiger partial charge in [0.25, 0.3) is 5.91 Å². The molecule has 0 N–H and O–H groups in total. The highest BCUT2D eigenvalue weighted by Gasteiger charge is 2.32. The van der Waals surface area contributed by atoms with Crippen LogP contribution in [0.1, 0.15) is 34.2 Å². The Morgan fingerprint density at radius 1 is 1.13 bits per heavy atom. The van der Waals surface area contributed by atoms with E-state index in [1.807, 2.05) is 6.92 Å². The number of methoxy groups -OCH3 is 2. The number of carbonyl (C=O) groups is 1.